The van der Waals surface area contributed by atoms with Crippen molar-refractivity contribution in [2.45, 2.75) is 19.3 Å². The highest BCUT2D eigenvalue weighted by atomic mass is 32.1. The average Bonchev–Trinajstić information content (AvgIpc) is 3.40. The molecule has 0 bridgehead atoms. The second-order valence-corrected chi connectivity index (χ2v) is 9.23. The van der Waals surface area contributed by atoms with E-state index < -0.39 is 0 Å². The molecule has 0 saturated heterocycles. The number of hydrogen-bond donors (Lipinski definition) is 3. The van der Waals surface area contributed by atoms with Gasteiger partial charge in [0.25, 0.3) is 0 Å². The maximum absolute atomic E-state index is 12.5. The van der Waals surface area contributed by atoms with Gasteiger partial charge in [-0.05, 0) is 30.9 Å². The molecule has 0 aliphatic heterocycles. The Bertz CT molecular complexity index is 1300. The van der Waals surface area contributed by atoms with E-state index in [2.05, 4.69) is 25.5 Å². The van der Waals surface area contributed by atoms with Gasteiger partial charge in [0.2, 0.25) is 5.91 Å². The number of carbonyl (C=O) groups excluding carboxylic acids is 1. The molecular weight excluding hydrogens is 426 g/mol. The number of aromatic amines is 1. The molecule has 3 heterocycles. The van der Waals surface area contributed by atoms with Crippen molar-refractivity contribution in [2.75, 3.05) is 32.6 Å². The van der Waals surface area contributed by atoms with E-state index in [1.165, 1.54) is 10.4 Å². The summed E-state index contributed by atoms with van der Waals surface area (Å²) in [6.07, 6.45) is 5.76. The maximum Gasteiger partial charge on any atom is 0.225 e. The minimum Gasteiger partial charge on any atom is -0.490 e. The van der Waals surface area contributed by atoms with Crippen LogP contribution in [-0.2, 0) is 17.6 Å². The van der Waals surface area contributed by atoms with Crippen LogP contribution in [0.15, 0.2) is 24.7 Å². The number of rotatable bonds is 6. The van der Waals surface area contributed by atoms with Crippen LogP contribution in [0.2, 0.25) is 0 Å². The Morgan fingerprint density at radius 2 is 2.25 bits per heavy atom. The molecule has 1 aliphatic carbocycles. The highest BCUT2D eigenvalue weighted by Gasteiger charge is 2.30. The van der Waals surface area contributed by atoms with Crippen molar-refractivity contribution >= 4 is 49.9 Å². The van der Waals surface area contributed by atoms with Gasteiger partial charge in [-0.2, -0.15) is 5.10 Å². The van der Waals surface area contributed by atoms with Crippen molar-refractivity contribution in [1.29, 1.82) is 0 Å². The van der Waals surface area contributed by atoms with E-state index in [1.807, 2.05) is 26.2 Å². The van der Waals surface area contributed by atoms with E-state index in [1.54, 1.807) is 28.8 Å². The predicted octanol–water partition coefficient (Wildman–Crippen LogP) is 2.84. The van der Waals surface area contributed by atoms with E-state index in [4.69, 9.17) is 10.5 Å². The third-order valence-corrected chi connectivity index (χ3v) is 6.97. The Balaban J connectivity index is 1.53. The van der Waals surface area contributed by atoms with E-state index in [9.17, 15) is 4.79 Å². The number of nitrogens with zero attached hydrogens (tertiary/aromatic N) is 4. The molecule has 1 unspecified atom stereocenters. The first-order valence-corrected chi connectivity index (χ1v) is 11.4. The van der Waals surface area contributed by atoms with E-state index in [0.717, 1.165) is 51.9 Å². The van der Waals surface area contributed by atoms with Crippen molar-refractivity contribution < 1.29 is 9.53 Å². The number of aryl methyl sites for hydroxylation is 1. The summed E-state index contributed by atoms with van der Waals surface area (Å²) in [5.41, 5.74) is 8.57. The molecule has 3 aromatic heterocycles. The number of amides is 1. The van der Waals surface area contributed by atoms with Gasteiger partial charge in [0, 0.05) is 42.9 Å². The number of H-pyrrole nitrogens is 1. The monoisotopic (exact) mass is 451 g/mol. The first-order chi connectivity index (χ1) is 15.5. The summed E-state index contributed by atoms with van der Waals surface area (Å²) in [7, 11) is 3.63. The number of anilines is 2. The quantitative estimate of drug-likeness (QED) is 0.412. The van der Waals surface area contributed by atoms with Crippen LogP contribution >= 0.6 is 11.3 Å². The Hall–Kier alpha value is -3.24. The highest BCUT2D eigenvalue weighted by molar-refractivity contribution is 7.19. The van der Waals surface area contributed by atoms with Gasteiger partial charge in [-0.25, -0.2) is 9.97 Å². The SMILES string of the molecule is CN(C)C(=O)C1CCc2c(sc3ncnc(Nc4cc5cn[nH]c5cc4OCCN)c23)C1. The summed E-state index contributed by atoms with van der Waals surface area (Å²) in [5, 5.41) is 12.6. The van der Waals surface area contributed by atoms with Crippen LogP contribution in [0, 0.1) is 5.92 Å². The molecule has 0 fully saturated rings. The normalized spacial score (nSPS) is 15.7. The summed E-state index contributed by atoms with van der Waals surface area (Å²) in [6.45, 7) is 0.825. The van der Waals surface area contributed by atoms with Gasteiger partial charge in [0.1, 0.15) is 29.3 Å². The van der Waals surface area contributed by atoms with Crippen LogP contribution in [0.5, 0.6) is 5.75 Å². The third-order valence-electron chi connectivity index (χ3n) is 5.80. The molecule has 4 aromatic rings. The lowest BCUT2D eigenvalue weighted by Crippen LogP contribution is -2.32. The summed E-state index contributed by atoms with van der Waals surface area (Å²) in [5.74, 6) is 1.63. The van der Waals surface area contributed by atoms with Gasteiger partial charge in [-0.3, -0.25) is 9.89 Å². The number of aromatic nitrogens is 4. The molecule has 0 saturated carbocycles. The number of carbonyl (C=O) groups is 1. The first kappa shape index (κ1) is 20.7. The number of nitrogens with two attached hydrogens (primary N) is 1. The van der Waals surface area contributed by atoms with Crippen molar-refractivity contribution in [1.82, 2.24) is 25.1 Å². The standard InChI is InChI=1S/C22H25N7O2S/c1-29(2)22(30)12-3-4-14-18(8-12)32-21-19(14)20(24-11-25-21)27-16-7-13-10-26-28-15(13)9-17(16)31-6-5-23/h7,9-12H,3-6,8,23H2,1-2H3,(H,26,28)(H,24,25,27). The number of thiophene rings is 1. The van der Waals surface area contributed by atoms with Gasteiger partial charge < -0.3 is 20.7 Å². The molecular formula is C22H25N7O2S. The lowest BCUT2D eigenvalue weighted by molar-refractivity contribution is -0.133. The lowest BCUT2D eigenvalue weighted by atomic mass is 9.87. The van der Waals surface area contributed by atoms with Crippen molar-refractivity contribution in [3.05, 3.63) is 35.1 Å². The van der Waals surface area contributed by atoms with Crippen LogP contribution in [0.3, 0.4) is 0 Å². The molecule has 32 heavy (non-hydrogen) atoms. The molecule has 1 aromatic carbocycles. The van der Waals surface area contributed by atoms with E-state index >= 15 is 0 Å². The Morgan fingerprint density at radius 3 is 3.06 bits per heavy atom. The van der Waals surface area contributed by atoms with Crippen LogP contribution < -0.4 is 15.8 Å². The Kier molecular flexibility index (Phi) is 5.40. The van der Waals surface area contributed by atoms with E-state index in [-0.39, 0.29) is 11.8 Å². The minimum atomic E-state index is 0.0229. The molecule has 0 spiro atoms. The largest absolute Gasteiger partial charge is 0.490 e. The molecule has 0 radical (unpaired) electrons. The number of nitrogens with one attached hydrogen (secondary N) is 2. The predicted molar refractivity (Wildman–Crippen MR) is 126 cm³/mol. The number of fused-ring (bicyclic) bond motifs is 4. The fraction of sp³-hybridized carbons (Fsp3) is 0.364. The highest BCUT2D eigenvalue weighted by Crippen LogP contribution is 2.41. The van der Waals surface area contributed by atoms with Gasteiger partial charge in [-0.1, -0.05) is 0 Å². The summed E-state index contributed by atoms with van der Waals surface area (Å²) >= 11 is 1.65. The summed E-state index contributed by atoms with van der Waals surface area (Å²) in [4.78, 5) is 25.4. The second kappa shape index (κ2) is 8.36. The first-order valence-electron chi connectivity index (χ1n) is 10.6. The van der Waals surface area contributed by atoms with Gasteiger partial charge >= 0.3 is 0 Å². The summed E-state index contributed by atoms with van der Waals surface area (Å²) < 4.78 is 5.89. The van der Waals surface area contributed by atoms with Crippen LogP contribution in [0.1, 0.15) is 16.9 Å². The second-order valence-electron chi connectivity index (χ2n) is 8.15. The zero-order valence-corrected chi connectivity index (χ0v) is 18.8. The van der Waals surface area contributed by atoms with Crippen molar-refractivity contribution in [2.24, 2.45) is 11.7 Å². The molecule has 4 N–H and O–H groups in total. The molecule has 10 heteroatoms. The van der Waals surface area contributed by atoms with Gasteiger partial charge in [0.15, 0.2) is 0 Å². The molecule has 1 aliphatic rings. The van der Waals surface area contributed by atoms with Crippen molar-refractivity contribution in [3.8, 4) is 5.75 Å². The fourth-order valence-corrected chi connectivity index (χ4v) is 5.53. The molecule has 1 amide bonds. The van der Waals surface area contributed by atoms with Gasteiger partial charge in [0.05, 0.1) is 22.8 Å². The average molecular weight is 452 g/mol. The number of hydrogen-bond acceptors (Lipinski definition) is 8. The maximum atomic E-state index is 12.5. The third kappa shape index (κ3) is 3.65. The van der Waals surface area contributed by atoms with Gasteiger partial charge in [-0.15, -0.1) is 11.3 Å². The molecule has 5 rings (SSSR count). The zero-order chi connectivity index (χ0) is 22.2. The minimum absolute atomic E-state index is 0.0229. The number of benzene rings is 1. The van der Waals surface area contributed by atoms with Crippen molar-refractivity contribution in [3.63, 3.8) is 0 Å². The molecule has 1 atom stereocenters. The molecule has 166 valence electrons. The number of ether oxygens (including phenoxy) is 1. The van der Waals surface area contributed by atoms with E-state index in [0.29, 0.717) is 18.9 Å². The summed E-state index contributed by atoms with van der Waals surface area (Å²) in [6, 6.07) is 3.91. The smallest absolute Gasteiger partial charge is 0.225 e. The van der Waals surface area contributed by atoms with Crippen LogP contribution in [-0.4, -0.2) is 58.2 Å². The van der Waals surface area contributed by atoms with Crippen LogP contribution in [0.4, 0.5) is 11.5 Å². The zero-order valence-electron chi connectivity index (χ0n) is 18.0. The Labute approximate surface area is 189 Å². The Morgan fingerprint density at radius 1 is 1.38 bits per heavy atom. The fourth-order valence-electron chi connectivity index (χ4n) is 4.27. The topological polar surface area (TPSA) is 122 Å². The lowest BCUT2D eigenvalue weighted by Gasteiger charge is -2.24. The van der Waals surface area contributed by atoms with Crippen LogP contribution in [0.25, 0.3) is 21.1 Å². The molecule has 9 nitrogen and oxygen atoms in total.